The first-order valence-electron chi connectivity index (χ1n) is 7.14. The van der Waals surface area contributed by atoms with Gasteiger partial charge in [0.2, 0.25) is 5.56 Å². The van der Waals surface area contributed by atoms with Crippen LogP contribution in [0.2, 0.25) is 0 Å². The molecule has 1 aliphatic heterocycles. The summed E-state index contributed by atoms with van der Waals surface area (Å²) in [4.78, 5) is 21.1. The first kappa shape index (κ1) is 17.3. The summed E-state index contributed by atoms with van der Waals surface area (Å²) in [7, 11) is 2.12. The Morgan fingerprint density at radius 2 is 1.95 bits per heavy atom. The molecule has 3 heterocycles. The molecule has 1 radical (unpaired) electrons. The number of hydrogen-bond donors (Lipinski definition) is 0. The Morgan fingerprint density at radius 1 is 1.23 bits per heavy atom. The molecule has 113 valence electrons. The summed E-state index contributed by atoms with van der Waals surface area (Å²) in [6, 6.07) is 8.48. The Balaban J connectivity index is 0.00000176. The fourth-order valence-electron chi connectivity index (χ4n) is 2.47. The smallest absolute Gasteiger partial charge is 0.247 e. The zero-order valence-corrected chi connectivity index (χ0v) is 15.8. The summed E-state index contributed by atoms with van der Waals surface area (Å²) in [6.07, 6.45) is 3.51. The van der Waals surface area contributed by atoms with Gasteiger partial charge < -0.3 is 19.4 Å². The number of aryl methyl sites for hydroxylation is 1. The number of pyridine rings is 2. The normalized spacial score (nSPS) is 15.5. The molecule has 0 aromatic carbocycles. The molecule has 0 saturated carbocycles. The van der Waals surface area contributed by atoms with Gasteiger partial charge in [-0.2, -0.15) is 6.07 Å². The van der Waals surface area contributed by atoms with Crippen molar-refractivity contribution in [2.75, 3.05) is 38.1 Å². The molecule has 0 atom stereocenters. The first-order chi connectivity index (χ1) is 10.1. The number of piperazine rings is 1. The largest absolute Gasteiger partial charge is 0.369 e. The Morgan fingerprint density at radius 3 is 2.55 bits per heavy atom. The average Bonchev–Trinajstić information content (AvgIpc) is 2.49. The maximum Gasteiger partial charge on any atom is 0.247 e. The van der Waals surface area contributed by atoms with Crippen LogP contribution in [0.1, 0.15) is 5.56 Å². The van der Waals surface area contributed by atoms with Crippen LogP contribution in [-0.2, 0) is 32.7 Å². The van der Waals surface area contributed by atoms with Gasteiger partial charge in [0.25, 0.3) is 0 Å². The van der Waals surface area contributed by atoms with Gasteiger partial charge in [-0.15, -0.1) is 11.6 Å². The van der Waals surface area contributed by atoms with Crippen molar-refractivity contribution in [3.8, 4) is 5.82 Å². The van der Waals surface area contributed by atoms with Crippen LogP contribution >= 0.6 is 0 Å². The maximum atomic E-state index is 12.3. The van der Waals surface area contributed by atoms with E-state index in [-0.39, 0.29) is 38.3 Å². The molecular formula is C16H19N4OY-. The molecule has 0 unspecified atom stereocenters. The minimum absolute atomic E-state index is 0. The van der Waals surface area contributed by atoms with Crippen molar-refractivity contribution in [3.05, 3.63) is 52.6 Å². The molecule has 5 nitrogen and oxygen atoms in total. The standard InChI is InChI=1S/C16H19N4O.Y/c1-13-3-4-15(17-12-13)20-6-5-14(11-16(20)21)19-9-7-18(2)8-10-19;/h4-6,11-12H,7-10H2,1-2H3;/q-1;. The van der Waals surface area contributed by atoms with Crippen molar-refractivity contribution in [2.45, 2.75) is 6.92 Å². The van der Waals surface area contributed by atoms with E-state index < -0.39 is 0 Å². The number of aromatic nitrogens is 2. The molecule has 0 N–H and O–H groups in total. The monoisotopic (exact) mass is 372 g/mol. The maximum absolute atomic E-state index is 12.3. The van der Waals surface area contributed by atoms with Crippen LogP contribution < -0.4 is 10.5 Å². The van der Waals surface area contributed by atoms with E-state index in [1.165, 1.54) is 0 Å². The summed E-state index contributed by atoms with van der Waals surface area (Å²) in [6.45, 7) is 5.89. The summed E-state index contributed by atoms with van der Waals surface area (Å²) in [5, 5.41) is 0. The molecule has 1 aliphatic rings. The van der Waals surface area contributed by atoms with Crippen molar-refractivity contribution < 1.29 is 32.7 Å². The SMILES string of the molecule is Cc1[c-]cc(-n2ccc(N3CCN(C)CC3)cc2=O)nc1.[Y]. The number of anilines is 1. The third kappa shape index (κ3) is 3.83. The predicted octanol–water partition coefficient (Wildman–Crippen LogP) is 1.09. The van der Waals surface area contributed by atoms with Gasteiger partial charge in [0, 0.05) is 82.7 Å². The fraction of sp³-hybridized carbons (Fsp3) is 0.375. The second-order valence-electron chi connectivity index (χ2n) is 5.47. The zero-order chi connectivity index (χ0) is 14.8. The van der Waals surface area contributed by atoms with Crippen molar-refractivity contribution in [3.63, 3.8) is 0 Å². The number of hydrogen-bond acceptors (Lipinski definition) is 4. The summed E-state index contributed by atoms with van der Waals surface area (Å²) in [5.74, 6) is 0.607. The Labute approximate surface area is 155 Å². The number of rotatable bonds is 2. The van der Waals surface area contributed by atoms with E-state index in [0.29, 0.717) is 5.82 Å². The van der Waals surface area contributed by atoms with E-state index in [0.717, 1.165) is 37.4 Å². The van der Waals surface area contributed by atoms with Gasteiger partial charge in [-0.05, 0) is 13.1 Å². The molecule has 0 amide bonds. The van der Waals surface area contributed by atoms with E-state index in [1.807, 2.05) is 13.0 Å². The number of likely N-dealkylation sites (N-methyl/N-ethyl adjacent to an activating group) is 1. The minimum atomic E-state index is -0.0591. The molecule has 1 saturated heterocycles. The van der Waals surface area contributed by atoms with Gasteiger partial charge in [-0.1, -0.05) is 13.1 Å². The van der Waals surface area contributed by atoms with E-state index in [9.17, 15) is 4.79 Å². The molecule has 6 heteroatoms. The average molecular weight is 372 g/mol. The van der Waals surface area contributed by atoms with Crippen molar-refractivity contribution in [1.82, 2.24) is 14.5 Å². The Hall–Kier alpha value is -1.04. The third-order valence-corrected chi connectivity index (χ3v) is 3.84. The Bertz CT molecular complexity index is 675. The van der Waals surface area contributed by atoms with E-state index in [1.54, 1.807) is 29.1 Å². The topological polar surface area (TPSA) is 41.4 Å². The zero-order valence-electron chi connectivity index (χ0n) is 13.0. The molecule has 0 aliphatic carbocycles. The van der Waals surface area contributed by atoms with E-state index >= 15 is 0 Å². The van der Waals surface area contributed by atoms with Crippen molar-refractivity contribution >= 4 is 5.69 Å². The molecule has 2 aromatic rings. The summed E-state index contributed by atoms with van der Waals surface area (Å²) >= 11 is 0. The van der Waals surface area contributed by atoms with Crippen molar-refractivity contribution in [2.24, 2.45) is 0 Å². The van der Waals surface area contributed by atoms with Gasteiger partial charge in [0.05, 0.1) is 0 Å². The van der Waals surface area contributed by atoms with Crippen LogP contribution in [0.15, 0.2) is 35.4 Å². The van der Waals surface area contributed by atoms with Gasteiger partial charge in [0.1, 0.15) is 0 Å². The van der Waals surface area contributed by atoms with Gasteiger partial charge in [0.15, 0.2) is 0 Å². The second-order valence-corrected chi connectivity index (χ2v) is 5.47. The van der Waals surface area contributed by atoms with Crippen LogP contribution in [0, 0.1) is 13.0 Å². The molecule has 3 rings (SSSR count). The predicted molar refractivity (Wildman–Crippen MR) is 83.1 cm³/mol. The van der Waals surface area contributed by atoms with Crippen molar-refractivity contribution in [1.29, 1.82) is 0 Å². The van der Waals surface area contributed by atoms with Gasteiger partial charge in [-0.3, -0.25) is 4.79 Å². The van der Waals surface area contributed by atoms with Crippen LogP contribution in [0.5, 0.6) is 0 Å². The van der Waals surface area contributed by atoms with Gasteiger partial charge in [-0.25, -0.2) is 0 Å². The minimum Gasteiger partial charge on any atom is -0.369 e. The third-order valence-electron chi connectivity index (χ3n) is 3.84. The van der Waals surface area contributed by atoms with Crippen LogP contribution in [0.4, 0.5) is 5.69 Å². The summed E-state index contributed by atoms with van der Waals surface area (Å²) in [5.41, 5.74) is 1.89. The molecule has 0 bridgehead atoms. The molecule has 0 spiro atoms. The van der Waals surface area contributed by atoms with E-state index in [4.69, 9.17) is 0 Å². The summed E-state index contributed by atoms with van der Waals surface area (Å²) < 4.78 is 1.55. The van der Waals surface area contributed by atoms with E-state index in [2.05, 4.69) is 27.9 Å². The van der Waals surface area contributed by atoms with Crippen LogP contribution in [0.3, 0.4) is 0 Å². The van der Waals surface area contributed by atoms with Gasteiger partial charge >= 0.3 is 0 Å². The Kier molecular flexibility index (Phi) is 5.90. The first-order valence-corrected chi connectivity index (χ1v) is 7.14. The fourth-order valence-corrected chi connectivity index (χ4v) is 2.47. The van der Waals surface area contributed by atoms with Crippen LogP contribution in [-0.4, -0.2) is 47.7 Å². The second kappa shape index (κ2) is 7.49. The molecular weight excluding hydrogens is 353 g/mol. The quantitative estimate of drug-likeness (QED) is 0.741. The van der Waals surface area contributed by atoms with Crippen LogP contribution in [0.25, 0.3) is 5.82 Å². The molecule has 1 fully saturated rings. The number of nitrogens with zero attached hydrogens (tertiary/aromatic N) is 4. The molecule has 22 heavy (non-hydrogen) atoms. The molecule has 2 aromatic heterocycles.